The number of H-pyrrole nitrogens is 1. The lowest BCUT2D eigenvalue weighted by Crippen LogP contribution is -2.14. The predicted octanol–water partition coefficient (Wildman–Crippen LogP) is 4.44. The number of carbonyl (C=O) groups is 1. The molecule has 0 saturated heterocycles. The number of benzene rings is 2. The van der Waals surface area contributed by atoms with Gasteiger partial charge in [-0.15, -0.1) is 0 Å². The number of aryl methyl sites for hydroxylation is 1. The molecule has 0 aliphatic carbocycles. The summed E-state index contributed by atoms with van der Waals surface area (Å²) in [6, 6.07) is 16.9. The number of carbonyl (C=O) groups excluding carboxylic acids is 1. The van der Waals surface area contributed by atoms with Crippen LogP contribution in [0.25, 0.3) is 10.9 Å². The SMILES string of the molecule is Cc1cc[nH]c1C(=O)Nc1nn(Cc2ccc(CF)cc2)c2ccccc12. The van der Waals surface area contributed by atoms with E-state index in [2.05, 4.69) is 15.4 Å². The normalized spacial score (nSPS) is 11.0. The van der Waals surface area contributed by atoms with Crippen molar-refractivity contribution in [3.63, 3.8) is 0 Å². The Morgan fingerprint density at radius 1 is 1.11 bits per heavy atom. The topological polar surface area (TPSA) is 62.7 Å². The summed E-state index contributed by atoms with van der Waals surface area (Å²) in [6.45, 7) is 1.94. The van der Waals surface area contributed by atoms with E-state index in [-0.39, 0.29) is 5.91 Å². The highest BCUT2D eigenvalue weighted by Gasteiger charge is 2.16. The second kappa shape index (κ2) is 7.07. The number of para-hydroxylation sites is 1. The molecule has 0 unspecified atom stereocenters. The van der Waals surface area contributed by atoms with E-state index < -0.39 is 6.67 Å². The minimum absolute atomic E-state index is 0.222. The van der Waals surface area contributed by atoms with Gasteiger partial charge in [-0.3, -0.25) is 9.48 Å². The van der Waals surface area contributed by atoms with Gasteiger partial charge < -0.3 is 10.3 Å². The Morgan fingerprint density at radius 2 is 1.85 bits per heavy atom. The van der Waals surface area contributed by atoms with Gasteiger partial charge in [0.15, 0.2) is 5.82 Å². The summed E-state index contributed by atoms with van der Waals surface area (Å²) >= 11 is 0. The van der Waals surface area contributed by atoms with E-state index in [0.717, 1.165) is 22.0 Å². The van der Waals surface area contributed by atoms with Gasteiger partial charge in [-0.25, -0.2) is 4.39 Å². The molecule has 136 valence electrons. The molecule has 4 rings (SSSR count). The number of anilines is 1. The second-order valence-corrected chi connectivity index (χ2v) is 6.46. The third kappa shape index (κ3) is 3.33. The Hall–Kier alpha value is -3.41. The molecule has 4 aromatic rings. The molecule has 2 N–H and O–H groups in total. The van der Waals surface area contributed by atoms with E-state index in [1.807, 2.05) is 54.1 Å². The molecular formula is C21H19FN4O. The maximum atomic E-state index is 12.7. The van der Waals surface area contributed by atoms with Crippen molar-refractivity contribution >= 4 is 22.6 Å². The maximum Gasteiger partial charge on any atom is 0.273 e. The highest BCUT2D eigenvalue weighted by Crippen LogP contribution is 2.24. The summed E-state index contributed by atoms with van der Waals surface area (Å²) in [5.74, 6) is 0.296. The van der Waals surface area contributed by atoms with Crippen LogP contribution in [-0.4, -0.2) is 20.7 Å². The molecular weight excluding hydrogens is 343 g/mol. The number of aromatic amines is 1. The number of hydrogen-bond donors (Lipinski definition) is 2. The number of aromatic nitrogens is 3. The Labute approximate surface area is 155 Å². The van der Waals surface area contributed by atoms with E-state index in [9.17, 15) is 9.18 Å². The van der Waals surface area contributed by atoms with Crippen LogP contribution in [0.4, 0.5) is 10.2 Å². The molecule has 27 heavy (non-hydrogen) atoms. The lowest BCUT2D eigenvalue weighted by molar-refractivity contribution is 0.102. The molecule has 5 nitrogen and oxygen atoms in total. The Morgan fingerprint density at radius 3 is 2.56 bits per heavy atom. The van der Waals surface area contributed by atoms with Crippen LogP contribution in [0.1, 0.15) is 27.2 Å². The highest BCUT2D eigenvalue weighted by molar-refractivity contribution is 6.07. The quantitative estimate of drug-likeness (QED) is 0.551. The van der Waals surface area contributed by atoms with Crippen molar-refractivity contribution < 1.29 is 9.18 Å². The molecule has 0 aliphatic rings. The summed E-state index contributed by atoms with van der Waals surface area (Å²) in [5, 5.41) is 8.38. The van der Waals surface area contributed by atoms with Crippen LogP contribution in [0.5, 0.6) is 0 Å². The van der Waals surface area contributed by atoms with E-state index >= 15 is 0 Å². The number of nitrogens with zero attached hydrogens (tertiary/aromatic N) is 2. The molecule has 0 spiro atoms. The van der Waals surface area contributed by atoms with E-state index in [1.165, 1.54) is 0 Å². The van der Waals surface area contributed by atoms with Gasteiger partial charge in [0.25, 0.3) is 5.91 Å². The van der Waals surface area contributed by atoms with Crippen LogP contribution < -0.4 is 5.32 Å². The Kier molecular flexibility index (Phi) is 4.46. The molecule has 2 aromatic carbocycles. The van der Waals surface area contributed by atoms with Crippen LogP contribution in [0.15, 0.2) is 60.8 Å². The van der Waals surface area contributed by atoms with Crippen LogP contribution >= 0.6 is 0 Å². The molecule has 0 aliphatic heterocycles. The van der Waals surface area contributed by atoms with Crippen molar-refractivity contribution in [2.75, 3.05) is 5.32 Å². The first-order valence-corrected chi connectivity index (χ1v) is 8.70. The van der Waals surface area contributed by atoms with Crippen LogP contribution in [-0.2, 0) is 13.2 Å². The largest absolute Gasteiger partial charge is 0.357 e. The fraction of sp³-hybridized carbons (Fsp3) is 0.143. The number of hydrogen-bond acceptors (Lipinski definition) is 2. The summed E-state index contributed by atoms with van der Waals surface area (Å²) in [7, 11) is 0. The molecule has 0 saturated carbocycles. The van der Waals surface area contributed by atoms with Gasteiger partial charge in [0.05, 0.1) is 12.1 Å². The number of fused-ring (bicyclic) bond motifs is 1. The molecule has 6 heteroatoms. The lowest BCUT2D eigenvalue weighted by atomic mass is 10.1. The summed E-state index contributed by atoms with van der Waals surface area (Å²) < 4.78 is 14.5. The molecule has 0 fully saturated rings. The smallest absolute Gasteiger partial charge is 0.273 e. The highest BCUT2D eigenvalue weighted by atomic mass is 19.1. The van der Waals surface area contributed by atoms with Crippen molar-refractivity contribution in [3.8, 4) is 0 Å². The van der Waals surface area contributed by atoms with Crippen molar-refractivity contribution in [1.82, 2.24) is 14.8 Å². The standard InChI is InChI=1S/C21H19FN4O/c1-14-10-11-23-19(14)21(27)24-20-17-4-2-3-5-18(17)26(25-20)13-16-8-6-15(12-22)7-9-16/h2-11,23H,12-13H2,1H3,(H,24,25,27). The van der Waals surface area contributed by atoms with Crippen LogP contribution in [0.3, 0.4) is 0 Å². The van der Waals surface area contributed by atoms with Gasteiger partial charge >= 0.3 is 0 Å². The van der Waals surface area contributed by atoms with Gasteiger partial charge in [0.1, 0.15) is 12.4 Å². The first kappa shape index (κ1) is 17.0. The number of alkyl halides is 1. The van der Waals surface area contributed by atoms with E-state index in [1.54, 1.807) is 18.3 Å². The molecule has 0 radical (unpaired) electrons. The first-order valence-electron chi connectivity index (χ1n) is 8.70. The van der Waals surface area contributed by atoms with E-state index in [4.69, 9.17) is 0 Å². The number of amides is 1. The van der Waals surface area contributed by atoms with Crippen molar-refractivity contribution in [3.05, 3.63) is 83.2 Å². The van der Waals surface area contributed by atoms with Crippen molar-refractivity contribution in [2.24, 2.45) is 0 Å². The van der Waals surface area contributed by atoms with Gasteiger partial charge in [-0.05, 0) is 41.8 Å². The number of rotatable bonds is 5. The van der Waals surface area contributed by atoms with E-state index in [0.29, 0.717) is 23.6 Å². The molecule has 2 aromatic heterocycles. The molecule has 0 bridgehead atoms. The monoisotopic (exact) mass is 362 g/mol. The Balaban J connectivity index is 1.66. The Bertz CT molecular complexity index is 1100. The predicted molar refractivity (Wildman–Crippen MR) is 104 cm³/mol. The number of halogens is 1. The van der Waals surface area contributed by atoms with Gasteiger partial charge in [-0.1, -0.05) is 36.4 Å². The average molecular weight is 362 g/mol. The summed E-state index contributed by atoms with van der Waals surface area (Å²) in [6.07, 6.45) is 1.74. The third-order valence-corrected chi connectivity index (χ3v) is 4.58. The van der Waals surface area contributed by atoms with Crippen molar-refractivity contribution in [1.29, 1.82) is 0 Å². The zero-order chi connectivity index (χ0) is 18.8. The zero-order valence-corrected chi connectivity index (χ0v) is 14.9. The first-order chi connectivity index (χ1) is 13.2. The lowest BCUT2D eigenvalue weighted by Gasteiger charge is -2.04. The van der Waals surface area contributed by atoms with Crippen LogP contribution in [0.2, 0.25) is 0 Å². The maximum absolute atomic E-state index is 12.7. The third-order valence-electron chi connectivity index (χ3n) is 4.58. The number of nitrogens with one attached hydrogen (secondary N) is 2. The molecule has 0 atom stereocenters. The molecule has 2 heterocycles. The zero-order valence-electron chi connectivity index (χ0n) is 14.9. The van der Waals surface area contributed by atoms with Gasteiger partial charge in [0, 0.05) is 11.6 Å². The minimum atomic E-state index is -0.473. The van der Waals surface area contributed by atoms with Crippen molar-refractivity contribution in [2.45, 2.75) is 20.1 Å². The fourth-order valence-corrected chi connectivity index (χ4v) is 3.11. The second-order valence-electron chi connectivity index (χ2n) is 6.46. The fourth-order valence-electron chi connectivity index (χ4n) is 3.11. The minimum Gasteiger partial charge on any atom is -0.357 e. The van der Waals surface area contributed by atoms with Gasteiger partial charge in [0.2, 0.25) is 0 Å². The molecule has 1 amide bonds. The average Bonchev–Trinajstić information content (AvgIpc) is 3.27. The van der Waals surface area contributed by atoms with Crippen LogP contribution in [0, 0.1) is 6.92 Å². The summed E-state index contributed by atoms with van der Waals surface area (Å²) in [4.78, 5) is 15.5. The van der Waals surface area contributed by atoms with Gasteiger partial charge in [-0.2, -0.15) is 5.10 Å². The summed E-state index contributed by atoms with van der Waals surface area (Å²) in [5.41, 5.74) is 3.99.